The van der Waals surface area contributed by atoms with Gasteiger partial charge in [0.25, 0.3) is 15.9 Å². The van der Waals surface area contributed by atoms with Crippen molar-refractivity contribution in [1.29, 1.82) is 0 Å². The lowest BCUT2D eigenvalue weighted by atomic mass is 10.1. The molecule has 7 nitrogen and oxygen atoms in total. The Labute approximate surface area is 179 Å². The number of sulfonamides is 1. The van der Waals surface area contributed by atoms with Crippen LogP contribution in [0.1, 0.15) is 12.8 Å². The third-order valence-electron chi connectivity index (χ3n) is 4.64. The molecule has 9 heteroatoms. The summed E-state index contributed by atoms with van der Waals surface area (Å²) in [7, 11) is -1.87. The van der Waals surface area contributed by atoms with Gasteiger partial charge in [0.05, 0.1) is 10.6 Å². The van der Waals surface area contributed by atoms with Gasteiger partial charge in [0.15, 0.2) is 0 Å². The molecule has 0 radical (unpaired) electrons. The van der Waals surface area contributed by atoms with Crippen molar-refractivity contribution in [2.45, 2.75) is 17.7 Å². The first-order valence-corrected chi connectivity index (χ1v) is 11.5. The number of amides is 1. The lowest BCUT2D eigenvalue weighted by molar-refractivity contribution is -0.119. The predicted molar refractivity (Wildman–Crippen MR) is 117 cm³/mol. The van der Waals surface area contributed by atoms with Crippen LogP contribution in [0.3, 0.4) is 0 Å². The summed E-state index contributed by atoms with van der Waals surface area (Å²) in [6, 6.07) is 14.8. The van der Waals surface area contributed by atoms with Crippen molar-refractivity contribution in [3.8, 4) is 0 Å². The van der Waals surface area contributed by atoms with Crippen molar-refractivity contribution < 1.29 is 13.2 Å². The SMILES string of the molecule is CN1CCC(=NNC(=O)CN(c2ccc(Br)cc2)S(=O)(=O)c2ccccc2)CC1. The van der Waals surface area contributed by atoms with Crippen LogP contribution in [0.4, 0.5) is 5.69 Å². The van der Waals surface area contributed by atoms with Crippen LogP contribution in [0.2, 0.25) is 0 Å². The molecule has 1 N–H and O–H groups in total. The second-order valence-electron chi connectivity index (χ2n) is 6.82. The molecule has 0 spiro atoms. The highest BCUT2D eigenvalue weighted by Gasteiger charge is 2.27. The molecule has 1 fully saturated rings. The van der Waals surface area contributed by atoms with E-state index < -0.39 is 15.9 Å². The Balaban J connectivity index is 1.81. The quantitative estimate of drug-likeness (QED) is 0.647. The van der Waals surface area contributed by atoms with Crippen LogP contribution >= 0.6 is 15.9 Å². The van der Waals surface area contributed by atoms with E-state index in [1.54, 1.807) is 42.5 Å². The molecule has 2 aromatic rings. The van der Waals surface area contributed by atoms with Gasteiger partial charge in [0.1, 0.15) is 6.54 Å². The minimum atomic E-state index is -3.91. The monoisotopic (exact) mass is 478 g/mol. The number of nitrogens with zero attached hydrogens (tertiary/aromatic N) is 3. The summed E-state index contributed by atoms with van der Waals surface area (Å²) in [5.74, 6) is -0.487. The third-order valence-corrected chi connectivity index (χ3v) is 6.95. The van der Waals surface area contributed by atoms with Gasteiger partial charge in [0.2, 0.25) is 0 Å². The molecule has 0 atom stereocenters. The number of likely N-dealkylation sites (tertiary alicyclic amines) is 1. The summed E-state index contributed by atoms with van der Waals surface area (Å²) in [6.45, 7) is 1.42. The van der Waals surface area contributed by atoms with Gasteiger partial charge in [-0.05, 0) is 43.4 Å². The van der Waals surface area contributed by atoms with Crippen molar-refractivity contribution in [1.82, 2.24) is 10.3 Å². The summed E-state index contributed by atoms with van der Waals surface area (Å²) in [5.41, 5.74) is 3.83. The zero-order chi connectivity index (χ0) is 20.9. The summed E-state index contributed by atoms with van der Waals surface area (Å²) in [4.78, 5) is 14.9. The summed E-state index contributed by atoms with van der Waals surface area (Å²) in [5, 5.41) is 4.19. The molecule has 0 bridgehead atoms. The van der Waals surface area contributed by atoms with E-state index >= 15 is 0 Å². The number of hydrazone groups is 1. The van der Waals surface area contributed by atoms with E-state index in [1.165, 1.54) is 12.1 Å². The maximum atomic E-state index is 13.2. The van der Waals surface area contributed by atoms with Crippen LogP contribution in [-0.2, 0) is 14.8 Å². The highest BCUT2D eigenvalue weighted by molar-refractivity contribution is 9.10. The molecule has 1 heterocycles. The van der Waals surface area contributed by atoms with Gasteiger partial charge in [-0.1, -0.05) is 34.1 Å². The van der Waals surface area contributed by atoms with Crippen LogP contribution in [-0.4, -0.2) is 51.6 Å². The van der Waals surface area contributed by atoms with Crippen molar-refractivity contribution in [2.24, 2.45) is 5.10 Å². The number of hydrogen-bond donors (Lipinski definition) is 1. The first kappa shape index (κ1) is 21.5. The molecule has 0 saturated carbocycles. The second-order valence-corrected chi connectivity index (χ2v) is 9.60. The highest BCUT2D eigenvalue weighted by Crippen LogP contribution is 2.25. The molecule has 29 heavy (non-hydrogen) atoms. The van der Waals surface area contributed by atoms with E-state index in [-0.39, 0.29) is 11.4 Å². The van der Waals surface area contributed by atoms with E-state index in [9.17, 15) is 13.2 Å². The Hall–Kier alpha value is -2.23. The maximum Gasteiger partial charge on any atom is 0.264 e. The number of halogens is 1. The molecule has 0 aliphatic carbocycles. The fourth-order valence-electron chi connectivity index (χ4n) is 2.94. The van der Waals surface area contributed by atoms with E-state index in [4.69, 9.17) is 0 Å². The first-order valence-electron chi connectivity index (χ1n) is 9.22. The Bertz CT molecular complexity index is 969. The molecule has 1 aliphatic rings. The van der Waals surface area contributed by atoms with Crippen molar-refractivity contribution in [3.63, 3.8) is 0 Å². The van der Waals surface area contributed by atoms with E-state index in [0.717, 1.165) is 40.4 Å². The minimum absolute atomic E-state index is 0.123. The average molecular weight is 479 g/mol. The normalized spacial score (nSPS) is 15.0. The average Bonchev–Trinajstić information content (AvgIpc) is 2.73. The lowest BCUT2D eigenvalue weighted by Gasteiger charge is -2.24. The highest BCUT2D eigenvalue weighted by atomic mass is 79.9. The molecule has 0 aromatic heterocycles. The summed E-state index contributed by atoms with van der Waals surface area (Å²) >= 11 is 3.35. The Kier molecular flexibility index (Phi) is 7.05. The zero-order valence-corrected chi connectivity index (χ0v) is 18.5. The maximum absolute atomic E-state index is 13.2. The lowest BCUT2D eigenvalue weighted by Crippen LogP contribution is -2.40. The zero-order valence-electron chi connectivity index (χ0n) is 16.1. The van der Waals surface area contributed by atoms with Gasteiger partial charge in [0, 0.05) is 36.1 Å². The number of hydrogen-bond acceptors (Lipinski definition) is 5. The minimum Gasteiger partial charge on any atom is -0.306 e. The van der Waals surface area contributed by atoms with Crippen LogP contribution in [0.5, 0.6) is 0 Å². The number of rotatable bonds is 6. The Morgan fingerprint density at radius 1 is 1.10 bits per heavy atom. The largest absolute Gasteiger partial charge is 0.306 e. The molecular formula is C20H23BrN4O3S. The first-order chi connectivity index (χ1) is 13.9. The molecule has 0 unspecified atom stereocenters. The van der Waals surface area contributed by atoms with Crippen LogP contribution in [0.25, 0.3) is 0 Å². The third kappa shape index (κ3) is 5.65. The Morgan fingerprint density at radius 2 is 1.72 bits per heavy atom. The summed E-state index contributed by atoms with van der Waals surface area (Å²) in [6.07, 6.45) is 1.57. The fourth-order valence-corrected chi connectivity index (χ4v) is 4.64. The fraction of sp³-hybridized carbons (Fsp3) is 0.300. The standard InChI is InChI=1S/C20H23BrN4O3S/c1-24-13-11-17(12-14-24)22-23-20(26)15-25(18-9-7-16(21)8-10-18)29(27,28)19-5-3-2-4-6-19/h2-10H,11-15H2,1H3,(H,23,26). The Morgan fingerprint density at radius 3 is 2.34 bits per heavy atom. The molecule has 154 valence electrons. The van der Waals surface area contributed by atoms with Crippen LogP contribution < -0.4 is 9.73 Å². The number of benzene rings is 2. The van der Waals surface area contributed by atoms with E-state index in [2.05, 4.69) is 31.4 Å². The molecule has 1 amide bonds. The molecule has 1 saturated heterocycles. The van der Waals surface area contributed by atoms with E-state index in [0.29, 0.717) is 5.69 Å². The number of nitrogens with one attached hydrogen (secondary N) is 1. The van der Waals surface area contributed by atoms with Crippen molar-refractivity contribution in [3.05, 3.63) is 59.1 Å². The molecule has 2 aromatic carbocycles. The summed E-state index contributed by atoms with van der Waals surface area (Å²) < 4.78 is 28.3. The molecular weight excluding hydrogens is 456 g/mol. The predicted octanol–water partition coefficient (Wildman–Crippen LogP) is 2.84. The number of carbonyl (C=O) groups excluding carboxylic acids is 1. The molecule has 1 aliphatic heterocycles. The smallest absolute Gasteiger partial charge is 0.264 e. The molecule has 3 rings (SSSR count). The van der Waals surface area contributed by atoms with Gasteiger partial charge < -0.3 is 4.90 Å². The number of carbonyl (C=O) groups is 1. The van der Waals surface area contributed by atoms with Crippen molar-refractivity contribution >= 4 is 43.3 Å². The van der Waals surface area contributed by atoms with Gasteiger partial charge in [-0.15, -0.1) is 0 Å². The van der Waals surface area contributed by atoms with Gasteiger partial charge >= 0.3 is 0 Å². The van der Waals surface area contributed by atoms with Gasteiger partial charge in [-0.25, -0.2) is 13.8 Å². The van der Waals surface area contributed by atoms with E-state index in [1.807, 2.05) is 7.05 Å². The second kappa shape index (κ2) is 9.51. The van der Waals surface area contributed by atoms with Gasteiger partial charge in [-0.2, -0.15) is 5.10 Å². The number of piperidine rings is 1. The van der Waals surface area contributed by atoms with Crippen LogP contribution in [0.15, 0.2) is 69.1 Å². The number of anilines is 1. The van der Waals surface area contributed by atoms with Crippen molar-refractivity contribution in [2.75, 3.05) is 31.0 Å². The van der Waals surface area contributed by atoms with Crippen LogP contribution in [0, 0.1) is 0 Å². The van der Waals surface area contributed by atoms with Gasteiger partial charge in [-0.3, -0.25) is 9.10 Å². The topological polar surface area (TPSA) is 82.1 Å².